The lowest BCUT2D eigenvalue weighted by Crippen LogP contribution is -2.55. The molecule has 0 aromatic carbocycles. The Hall–Kier alpha value is -2.30. The van der Waals surface area contributed by atoms with Gasteiger partial charge in [0.2, 0.25) is 0 Å². The lowest BCUT2D eigenvalue weighted by atomic mass is 9.80. The van der Waals surface area contributed by atoms with Crippen LogP contribution in [0, 0.1) is 0 Å². The van der Waals surface area contributed by atoms with Crippen LogP contribution in [-0.4, -0.2) is 80.4 Å². The molecule has 0 fully saturated rings. The molecule has 0 aliphatic heterocycles. The minimum absolute atomic E-state index is 0.0550. The van der Waals surface area contributed by atoms with Crippen LogP contribution in [-0.2, 0) is 14.4 Å². The monoisotopic (exact) mass is 330 g/mol. The average Bonchev–Trinajstić information content (AvgIpc) is 2.49. The molecule has 0 amide bonds. The molecular weight excluding hydrogens is 312 g/mol. The van der Waals surface area contributed by atoms with Gasteiger partial charge in [0, 0.05) is 12.1 Å². The molecule has 6 N–H and O–H groups in total. The lowest BCUT2D eigenvalue weighted by molar-refractivity contribution is -0.138. The van der Waals surface area contributed by atoms with Gasteiger partial charge in [-0.3, -0.25) is 14.6 Å². The maximum Gasteiger partial charge on any atom is 0.328 e. The fourth-order valence-corrected chi connectivity index (χ4v) is 2.07. The van der Waals surface area contributed by atoms with Crippen molar-refractivity contribution in [2.45, 2.75) is 31.1 Å². The minimum atomic E-state index is -2.12. The number of carbonyl (C=O) groups excluding carboxylic acids is 1. The van der Waals surface area contributed by atoms with E-state index in [9.17, 15) is 29.7 Å². The second-order valence-electron chi connectivity index (χ2n) is 5.13. The van der Waals surface area contributed by atoms with Crippen molar-refractivity contribution in [1.82, 2.24) is 5.32 Å². The molecule has 0 unspecified atom stereocenters. The standard InChI is InChI=1S/C13H18N2O8/c1-6(12(21)22)15-10-7(4-16)8(14-3-9(18)19)2-13(23,5-17)11(10)20/h4,6,11,14,17,20,23H,2-3,5H2,1H3,(H,18,19)(H,21,22)/t6-,11-,13+/m0/s1. The topological polar surface area (TPSA) is 177 Å². The maximum absolute atomic E-state index is 11.3. The van der Waals surface area contributed by atoms with Gasteiger partial charge in [-0.05, 0) is 6.92 Å². The van der Waals surface area contributed by atoms with Crippen LogP contribution in [0.3, 0.4) is 0 Å². The number of aliphatic hydroxyl groups is 3. The van der Waals surface area contributed by atoms with Gasteiger partial charge < -0.3 is 30.8 Å². The minimum Gasteiger partial charge on any atom is -0.480 e. The summed E-state index contributed by atoms with van der Waals surface area (Å²) < 4.78 is 0. The molecule has 0 bridgehead atoms. The zero-order valence-corrected chi connectivity index (χ0v) is 12.3. The Kier molecular flexibility index (Phi) is 5.96. The van der Waals surface area contributed by atoms with Crippen LogP contribution >= 0.6 is 0 Å². The zero-order chi connectivity index (χ0) is 17.8. The van der Waals surface area contributed by atoms with Crippen LogP contribution < -0.4 is 5.32 Å². The summed E-state index contributed by atoms with van der Waals surface area (Å²) in [5.41, 5.74) is -2.85. The number of nitrogens with zero attached hydrogens (tertiary/aromatic N) is 1. The molecule has 0 radical (unpaired) electrons. The van der Waals surface area contributed by atoms with Gasteiger partial charge >= 0.3 is 11.9 Å². The van der Waals surface area contributed by atoms with Gasteiger partial charge in [0.15, 0.2) is 6.29 Å². The fraction of sp³-hybridized carbons (Fsp3) is 0.538. The molecule has 0 aromatic heterocycles. The first kappa shape index (κ1) is 18.7. The van der Waals surface area contributed by atoms with Crippen LogP contribution in [0.15, 0.2) is 16.3 Å². The van der Waals surface area contributed by atoms with Crippen molar-refractivity contribution < 1.29 is 39.9 Å². The summed E-state index contributed by atoms with van der Waals surface area (Å²) in [5.74, 6) is -2.56. The van der Waals surface area contributed by atoms with E-state index < -0.39 is 55.0 Å². The van der Waals surface area contributed by atoms with E-state index in [0.29, 0.717) is 0 Å². The van der Waals surface area contributed by atoms with Gasteiger partial charge in [0.25, 0.3) is 0 Å². The van der Waals surface area contributed by atoms with Crippen LogP contribution in [0.5, 0.6) is 0 Å². The van der Waals surface area contributed by atoms with Gasteiger partial charge in [-0.2, -0.15) is 0 Å². The summed E-state index contributed by atoms with van der Waals surface area (Å²) in [6.07, 6.45) is -1.95. The molecule has 10 heteroatoms. The van der Waals surface area contributed by atoms with Gasteiger partial charge in [-0.25, -0.2) is 4.79 Å². The molecule has 0 saturated heterocycles. The predicted molar refractivity (Wildman–Crippen MR) is 75.9 cm³/mol. The molecule has 1 rings (SSSR count). The summed E-state index contributed by atoms with van der Waals surface area (Å²) >= 11 is 0. The summed E-state index contributed by atoms with van der Waals surface area (Å²) in [7, 11) is 0. The Labute approximate surface area is 130 Å². The van der Waals surface area contributed by atoms with E-state index in [1.165, 1.54) is 6.92 Å². The molecule has 0 spiro atoms. The Bertz CT molecular complexity index is 570. The van der Waals surface area contributed by atoms with Gasteiger partial charge in [-0.15, -0.1) is 0 Å². The highest BCUT2D eigenvalue weighted by atomic mass is 16.4. The van der Waals surface area contributed by atoms with Gasteiger partial charge in [-0.1, -0.05) is 0 Å². The third kappa shape index (κ3) is 4.12. The normalized spacial score (nSPS) is 27.7. The smallest absolute Gasteiger partial charge is 0.328 e. The molecule has 0 aromatic rings. The van der Waals surface area contributed by atoms with Crippen LogP contribution in [0.25, 0.3) is 0 Å². The number of nitrogens with one attached hydrogen (secondary N) is 1. The molecule has 0 heterocycles. The quantitative estimate of drug-likeness (QED) is 0.276. The van der Waals surface area contributed by atoms with E-state index >= 15 is 0 Å². The van der Waals surface area contributed by atoms with Gasteiger partial charge in [0.1, 0.15) is 24.3 Å². The van der Waals surface area contributed by atoms with Crippen LogP contribution in [0.4, 0.5) is 0 Å². The molecular formula is C13H18N2O8. The van der Waals surface area contributed by atoms with Crippen molar-refractivity contribution in [1.29, 1.82) is 0 Å². The van der Waals surface area contributed by atoms with E-state index in [2.05, 4.69) is 10.3 Å². The molecule has 0 saturated carbocycles. The lowest BCUT2D eigenvalue weighted by Gasteiger charge is -2.38. The van der Waals surface area contributed by atoms with Crippen molar-refractivity contribution >= 4 is 23.9 Å². The molecule has 10 nitrogen and oxygen atoms in total. The number of carboxylic acids is 2. The first-order valence-corrected chi connectivity index (χ1v) is 6.62. The summed E-state index contributed by atoms with van der Waals surface area (Å²) in [5, 5.41) is 49.7. The number of carbonyl (C=O) groups is 3. The van der Waals surface area contributed by atoms with E-state index in [1.54, 1.807) is 0 Å². The first-order valence-electron chi connectivity index (χ1n) is 6.62. The average molecular weight is 330 g/mol. The fourth-order valence-electron chi connectivity index (χ4n) is 2.07. The highest BCUT2D eigenvalue weighted by Crippen LogP contribution is 2.30. The number of carboxylic acid groups (broad SMARTS) is 2. The third-order valence-electron chi connectivity index (χ3n) is 3.39. The van der Waals surface area contributed by atoms with Crippen LogP contribution in [0.1, 0.15) is 13.3 Å². The number of hydrogen-bond donors (Lipinski definition) is 6. The van der Waals surface area contributed by atoms with Crippen molar-refractivity contribution in [3.8, 4) is 0 Å². The highest BCUT2D eigenvalue weighted by molar-refractivity contribution is 6.19. The molecule has 3 atom stereocenters. The second-order valence-corrected chi connectivity index (χ2v) is 5.13. The summed E-state index contributed by atoms with van der Waals surface area (Å²) in [4.78, 5) is 36.5. The highest BCUT2D eigenvalue weighted by Gasteiger charge is 2.45. The number of rotatable bonds is 7. The maximum atomic E-state index is 11.3. The van der Waals surface area contributed by atoms with Crippen molar-refractivity contribution in [2.75, 3.05) is 13.2 Å². The molecule has 128 valence electrons. The Morgan fingerprint density at radius 1 is 1.48 bits per heavy atom. The number of aliphatic imine (C=N–C) groups is 1. The largest absolute Gasteiger partial charge is 0.480 e. The van der Waals surface area contributed by atoms with E-state index in [4.69, 9.17) is 10.2 Å². The van der Waals surface area contributed by atoms with Crippen molar-refractivity contribution in [3.05, 3.63) is 11.3 Å². The molecule has 23 heavy (non-hydrogen) atoms. The second kappa shape index (κ2) is 7.31. The Morgan fingerprint density at radius 2 is 2.09 bits per heavy atom. The number of aliphatic carboxylic acids is 2. The Balaban J connectivity index is 3.40. The molecule has 1 aliphatic rings. The number of aldehydes is 1. The van der Waals surface area contributed by atoms with E-state index in [0.717, 1.165) is 0 Å². The van der Waals surface area contributed by atoms with E-state index in [1.807, 2.05) is 0 Å². The number of hydrogen-bond acceptors (Lipinski definition) is 8. The zero-order valence-electron chi connectivity index (χ0n) is 12.3. The number of aliphatic hydroxyl groups excluding tert-OH is 2. The van der Waals surface area contributed by atoms with Crippen molar-refractivity contribution in [3.63, 3.8) is 0 Å². The first-order chi connectivity index (χ1) is 10.7. The van der Waals surface area contributed by atoms with Gasteiger partial charge in [0.05, 0.1) is 17.9 Å². The SMILES string of the molecule is C[C@H](N=C1C(C=O)=C(NCC(=O)O)C[C@@](O)(CO)[C@H]1O)C(=O)O. The Morgan fingerprint density at radius 3 is 2.52 bits per heavy atom. The summed E-state index contributed by atoms with van der Waals surface area (Å²) in [6.45, 7) is -0.285. The molecule has 1 aliphatic carbocycles. The summed E-state index contributed by atoms with van der Waals surface area (Å²) in [6, 6.07) is -1.32. The van der Waals surface area contributed by atoms with Crippen LogP contribution in [0.2, 0.25) is 0 Å². The predicted octanol–water partition coefficient (Wildman–Crippen LogP) is -2.48. The van der Waals surface area contributed by atoms with E-state index in [-0.39, 0.29) is 17.6 Å². The third-order valence-corrected chi connectivity index (χ3v) is 3.39. The van der Waals surface area contributed by atoms with Crippen molar-refractivity contribution in [2.24, 2.45) is 4.99 Å².